The van der Waals surface area contributed by atoms with Crippen LogP contribution in [0.15, 0.2) is 12.1 Å². The van der Waals surface area contributed by atoms with Gasteiger partial charge >= 0.3 is 17.9 Å². The van der Waals surface area contributed by atoms with Crippen molar-refractivity contribution in [3.63, 3.8) is 0 Å². The Balaban J connectivity index is 2.03. The lowest BCUT2D eigenvalue weighted by atomic mass is 10.1. The summed E-state index contributed by atoms with van der Waals surface area (Å²) in [5.41, 5.74) is 0.883. The maximum Gasteiger partial charge on any atom is 0.303 e. The summed E-state index contributed by atoms with van der Waals surface area (Å²) in [5, 5.41) is 8.62. The van der Waals surface area contributed by atoms with Gasteiger partial charge < -0.3 is 18.9 Å². The molecule has 0 bridgehead atoms. The number of carbonyl (C=O) groups is 3. The van der Waals surface area contributed by atoms with Crippen molar-refractivity contribution in [3.05, 3.63) is 22.2 Å². The second-order valence-electron chi connectivity index (χ2n) is 6.30. The predicted octanol–water partition coefficient (Wildman–Crippen LogP) is 2.06. The van der Waals surface area contributed by atoms with Gasteiger partial charge in [-0.1, -0.05) is 28.4 Å². The van der Waals surface area contributed by atoms with Crippen molar-refractivity contribution in [2.75, 3.05) is 6.61 Å². The highest BCUT2D eigenvalue weighted by atomic mass is 35.5. The van der Waals surface area contributed by atoms with Gasteiger partial charge in [0.05, 0.1) is 15.6 Å². The van der Waals surface area contributed by atoms with Gasteiger partial charge in [-0.15, -0.1) is 5.10 Å². The summed E-state index contributed by atoms with van der Waals surface area (Å²) >= 11 is 12.1. The van der Waals surface area contributed by atoms with Crippen LogP contribution >= 0.6 is 23.2 Å². The molecule has 156 valence electrons. The third-order valence-corrected chi connectivity index (χ3v) is 4.82. The van der Waals surface area contributed by atoms with E-state index in [0.717, 1.165) is 0 Å². The Morgan fingerprint density at radius 3 is 2.28 bits per heavy atom. The van der Waals surface area contributed by atoms with Gasteiger partial charge in [-0.2, -0.15) is 0 Å². The zero-order chi connectivity index (χ0) is 21.3. The summed E-state index contributed by atoms with van der Waals surface area (Å²) in [5.74, 6) is -1.79. The van der Waals surface area contributed by atoms with Crippen LogP contribution in [0.4, 0.5) is 0 Å². The summed E-state index contributed by atoms with van der Waals surface area (Å²) in [6, 6.07) is 3.06. The van der Waals surface area contributed by atoms with E-state index >= 15 is 0 Å². The first-order valence-electron chi connectivity index (χ1n) is 8.50. The number of rotatable bonds is 5. The van der Waals surface area contributed by atoms with Gasteiger partial charge in [0.1, 0.15) is 18.2 Å². The molecule has 1 aromatic heterocycles. The number of halogens is 2. The van der Waals surface area contributed by atoms with Crippen molar-refractivity contribution < 1.29 is 33.3 Å². The monoisotopic (exact) mass is 445 g/mol. The smallest absolute Gasteiger partial charge is 0.303 e. The summed E-state index contributed by atoms with van der Waals surface area (Å²) in [7, 11) is 0. The van der Waals surface area contributed by atoms with E-state index in [1.54, 1.807) is 0 Å². The average Bonchev–Trinajstić information content (AvgIpc) is 3.14. The largest absolute Gasteiger partial charge is 0.463 e. The van der Waals surface area contributed by atoms with Crippen LogP contribution in [0.2, 0.25) is 10.0 Å². The first-order chi connectivity index (χ1) is 13.7. The normalized spacial score (nSPS) is 23.8. The van der Waals surface area contributed by atoms with Crippen molar-refractivity contribution in [3.8, 4) is 0 Å². The molecule has 1 aliphatic heterocycles. The van der Waals surface area contributed by atoms with E-state index in [0.29, 0.717) is 16.1 Å². The zero-order valence-electron chi connectivity index (χ0n) is 15.6. The van der Waals surface area contributed by atoms with E-state index in [4.69, 9.17) is 42.1 Å². The molecular weight excluding hydrogens is 429 g/mol. The standard InChI is InChI=1S/C17H17Cl2N3O7/c1-7(23)26-6-14-15(27-8(2)24)16(28-9(3)25)17(29-14)22-13-5-11(19)10(18)4-12(13)20-21-22/h4-5,14-17H,6H2,1-3H3/t14-,15-,16-,17-/m1/s1. The van der Waals surface area contributed by atoms with E-state index in [2.05, 4.69) is 10.3 Å². The maximum absolute atomic E-state index is 11.7. The second kappa shape index (κ2) is 8.52. The molecule has 4 atom stereocenters. The average molecular weight is 446 g/mol. The lowest BCUT2D eigenvalue weighted by Crippen LogP contribution is -2.40. The zero-order valence-corrected chi connectivity index (χ0v) is 17.1. The highest BCUT2D eigenvalue weighted by molar-refractivity contribution is 6.42. The molecule has 0 unspecified atom stereocenters. The van der Waals surface area contributed by atoms with E-state index in [1.807, 2.05) is 0 Å². The van der Waals surface area contributed by atoms with Crippen LogP contribution in [-0.4, -0.2) is 57.8 Å². The summed E-state index contributed by atoms with van der Waals surface area (Å²) in [6.45, 7) is 3.42. The number of nitrogens with zero attached hydrogens (tertiary/aromatic N) is 3. The Labute approximate surface area is 174 Å². The minimum absolute atomic E-state index is 0.221. The highest BCUT2D eigenvalue weighted by Gasteiger charge is 2.51. The molecule has 1 aliphatic rings. The van der Waals surface area contributed by atoms with Crippen LogP contribution < -0.4 is 0 Å². The van der Waals surface area contributed by atoms with Crippen molar-refractivity contribution in [2.45, 2.75) is 45.3 Å². The van der Waals surface area contributed by atoms with Crippen LogP contribution in [0.1, 0.15) is 27.0 Å². The minimum atomic E-state index is -1.07. The van der Waals surface area contributed by atoms with E-state index < -0.39 is 42.4 Å². The SMILES string of the molecule is CC(=O)OC[C@H]1O[C@@H](n2nnc3cc(Cl)c(Cl)cc32)[C@H](OC(C)=O)[C@@H]1OC(C)=O. The number of carbonyl (C=O) groups excluding carboxylic acids is 3. The molecule has 0 radical (unpaired) electrons. The fourth-order valence-electron chi connectivity index (χ4n) is 3.01. The number of hydrogen-bond donors (Lipinski definition) is 0. The fourth-order valence-corrected chi connectivity index (χ4v) is 3.33. The molecule has 1 aromatic carbocycles. The van der Waals surface area contributed by atoms with Crippen LogP contribution in [0, 0.1) is 0 Å². The molecule has 2 heterocycles. The lowest BCUT2D eigenvalue weighted by Gasteiger charge is -2.23. The van der Waals surface area contributed by atoms with Crippen LogP contribution in [0.5, 0.6) is 0 Å². The maximum atomic E-state index is 11.7. The molecule has 10 nitrogen and oxygen atoms in total. The Hall–Kier alpha value is -2.43. The van der Waals surface area contributed by atoms with E-state index in [1.165, 1.54) is 37.6 Å². The molecule has 0 amide bonds. The van der Waals surface area contributed by atoms with Crippen molar-refractivity contribution in [1.82, 2.24) is 15.0 Å². The predicted molar refractivity (Wildman–Crippen MR) is 99.2 cm³/mol. The minimum Gasteiger partial charge on any atom is -0.463 e. The Morgan fingerprint density at radius 2 is 1.66 bits per heavy atom. The molecule has 0 N–H and O–H groups in total. The Bertz CT molecular complexity index is 964. The lowest BCUT2D eigenvalue weighted by molar-refractivity contribution is -0.166. The molecule has 12 heteroatoms. The first-order valence-corrected chi connectivity index (χ1v) is 9.26. The summed E-state index contributed by atoms with van der Waals surface area (Å²) < 4.78 is 22.9. The summed E-state index contributed by atoms with van der Waals surface area (Å²) in [4.78, 5) is 34.5. The van der Waals surface area contributed by atoms with Gasteiger partial charge in [-0.25, -0.2) is 4.68 Å². The molecule has 1 fully saturated rings. The van der Waals surface area contributed by atoms with Crippen molar-refractivity contribution in [1.29, 1.82) is 0 Å². The van der Waals surface area contributed by atoms with Crippen molar-refractivity contribution in [2.24, 2.45) is 0 Å². The van der Waals surface area contributed by atoms with Crippen LogP contribution in [0.25, 0.3) is 11.0 Å². The third-order valence-electron chi connectivity index (χ3n) is 4.09. The number of esters is 3. The van der Waals surface area contributed by atoms with Gasteiger partial charge in [0.25, 0.3) is 0 Å². The third kappa shape index (κ3) is 4.60. The number of benzene rings is 1. The van der Waals surface area contributed by atoms with Gasteiger partial charge in [0.15, 0.2) is 18.4 Å². The topological polar surface area (TPSA) is 119 Å². The molecular formula is C17H17Cl2N3O7. The van der Waals surface area contributed by atoms with E-state index in [-0.39, 0.29) is 11.6 Å². The number of fused-ring (bicyclic) bond motifs is 1. The summed E-state index contributed by atoms with van der Waals surface area (Å²) in [6.07, 6.45) is -4.04. The number of hydrogen-bond acceptors (Lipinski definition) is 9. The number of ether oxygens (including phenoxy) is 4. The highest BCUT2D eigenvalue weighted by Crippen LogP contribution is 2.36. The molecule has 3 rings (SSSR count). The van der Waals surface area contributed by atoms with Gasteiger partial charge in [-0.3, -0.25) is 14.4 Å². The van der Waals surface area contributed by atoms with E-state index in [9.17, 15) is 14.4 Å². The fraction of sp³-hybridized carbons (Fsp3) is 0.471. The van der Waals surface area contributed by atoms with Gasteiger partial charge in [-0.05, 0) is 12.1 Å². The Morgan fingerprint density at radius 1 is 1.03 bits per heavy atom. The van der Waals surface area contributed by atoms with Crippen LogP contribution in [-0.2, 0) is 33.3 Å². The van der Waals surface area contributed by atoms with Crippen LogP contribution in [0.3, 0.4) is 0 Å². The first kappa shape index (κ1) is 21.3. The quantitative estimate of drug-likeness (QED) is 0.502. The molecule has 29 heavy (non-hydrogen) atoms. The van der Waals surface area contributed by atoms with Crippen molar-refractivity contribution >= 4 is 52.1 Å². The molecule has 1 saturated heterocycles. The van der Waals surface area contributed by atoms with Gasteiger partial charge in [0, 0.05) is 20.8 Å². The second-order valence-corrected chi connectivity index (χ2v) is 7.12. The molecule has 0 spiro atoms. The Kier molecular flexibility index (Phi) is 6.25. The molecule has 2 aromatic rings. The number of aromatic nitrogens is 3. The molecule has 0 saturated carbocycles. The molecule has 0 aliphatic carbocycles. The van der Waals surface area contributed by atoms with Gasteiger partial charge in [0.2, 0.25) is 0 Å².